The highest BCUT2D eigenvalue weighted by atomic mass is 35.5. The molecule has 0 saturated carbocycles. The van der Waals surface area contributed by atoms with Gasteiger partial charge in [-0.3, -0.25) is 18.9 Å². The average Bonchev–Trinajstić information content (AvgIpc) is 3.48. The van der Waals surface area contributed by atoms with Crippen LogP contribution < -0.4 is 15.0 Å². The number of halogens is 1. The Balaban J connectivity index is 1.22. The summed E-state index contributed by atoms with van der Waals surface area (Å²) >= 11 is 7.81. The lowest BCUT2D eigenvalue weighted by Gasteiger charge is -2.29. The van der Waals surface area contributed by atoms with Gasteiger partial charge in [0.1, 0.15) is 19.0 Å². The maximum Gasteiger partial charge on any atom is 0.414 e. The molecule has 1 aliphatic heterocycles. The van der Waals surface area contributed by atoms with Gasteiger partial charge >= 0.3 is 6.09 Å². The Morgan fingerprint density at radius 3 is 2.73 bits per heavy atom. The highest BCUT2D eigenvalue weighted by Gasteiger charge is 2.26. The summed E-state index contributed by atoms with van der Waals surface area (Å²) in [7, 11) is -4.16. The van der Waals surface area contributed by atoms with Crippen molar-refractivity contribution in [2.75, 3.05) is 42.7 Å². The molecule has 3 aromatic carbocycles. The normalized spacial score (nSPS) is 12.8. The van der Waals surface area contributed by atoms with Crippen LogP contribution in [0.5, 0.6) is 5.75 Å². The van der Waals surface area contributed by atoms with Gasteiger partial charge in [0.15, 0.2) is 0 Å². The zero-order chi connectivity index (χ0) is 32.0. The number of anilines is 1. The third-order valence-corrected chi connectivity index (χ3v) is 9.21. The third-order valence-electron chi connectivity index (χ3n) is 6.97. The number of ether oxygens (including phenoxy) is 2. The topological polar surface area (TPSA) is 140 Å². The van der Waals surface area contributed by atoms with Crippen molar-refractivity contribution in [2.45, 2.75) is 18.4 Å². The van der Waals surface area contributed by atoms with Gasteiger partial charge in [-0.05, 0) is 42.8 Å². The minimum atomic E-state index is -4.16. The number of hydrogen-bond donors (Lipinski definition) is 2. The number of nitrogens with zero attached hydrogens (tertiary/aromatic N) is 3. The van der Waals surface area contributed by atoms with Crippen molar-refractivity contribution in [3.05, 3.63) is 94.8 Å². The first-order chi connectivity index (χ1) is 21.6. The number of benzene rings is 3. The van der Waals surface area contributed by atoms with Crippen LogP contribution in [-0.2, 0) is 21.4 Å². The van der Waals surface area contributed by atoms with E-state index in [-0.39, 0.29) is 19.8 Å². The summed E-state index contributed by atoms with van der Waals surface area (Å²) in [6.07, 6.45) is 3.22. The van der Waals surface area contributed by atoms with Crippen LogP contribution in [0.4, 0.5) is 10.5 Å². The third kappa shape index (κ3) is 8.37. The summed E-state index contributed by atoms with van der Waals surface area (Å²) in [5.74, 6) is 0.343. The number of thioether (sulfide) groups is 1. The molecular weight excluding hydrogens is 640 g/mol. The van der Waals surface area contributed by atoms with Crippen molar-refractivity contribution < 1.29 is 32.0 Å². The first kappa shape index (κ1) is 32.4. The van der Waals surface area contributed by atoms with Crippen molar-refractivity contribution in [3.8, 4) is 16.9 Å². The molecule has 0 radical (unpaired) electrons. The first-order valence-electron chi connectivity index (χ1n) is 14.0. The Morgan fingerprint density at radius 1 is 1.11 bits per heavy atom. The average molecular weight is 671 g/mol. The smallest absolute Gasteiger partial charge is 0.414 e. The molecule has 1 aliphatic rings. The molecule has 2 amide bonds. The highest BCUT2D eigenvalue weighted by molar-refractivity contribution is 7.99. The molecular formula is C31H31ClN4O7S2. The van der Waals surface area contributed by atoms with Crippen LogP contribution in [0.1, 0.15) is 21.5 Å². The van der Waals surface area contributed by atoms with Crippen LogP contribution in [0, 0.1) is 6.92 Å². The molecule has 0 unspecified atom stereocenters. The van der Waals surface area contributed by atoms with E-state index in [2.05, 4.69) is 10.4 Å². The van der Waals surface area contributed by atoms with Crippen LogP contribution in [0.3, 0.4) is 0 Å². The molecule has 0 spiro atoms. The van der Waals surface area contributed by atoms with Crippen LogP contribution >= 0.6 is 23.4 Å². The summed E-state index contributed by atoms with van der Waals surface area (Å²) in [5.41, 5.74) is 4.59. The lowest BCUT2D eigenvalue weighted by molar-refractivity contribution is 0.0956. The van der Waals surface area contributed by atoms with E-state index in [0.29, 0.717) is 35.2 Å². The van der Waals surface area contributed by atoms with Crippen LogP contribution in [0.2, 0.25) is 5.02 Å². The van der Waals surface area contributed by atoms with E-state index < -0.39 is 27.9 Å². The molecule has 0 atom stereocenters. The second kappa shape index (κ2) is 14.4. The number of aromatic nitrogens is 2. The second-order valence-corrected chi connectivity index (χ2v) is 13.2. The van der Waals surface area contributed by atoms with Crippen molar-refractivity contribution >= 4 is 51.2 Å². The number of hydrogen-bond acceptors (Lipinski definition) is 8. The highest BCUT2D eigenvalue weighted by Crippen LogP contribution is 2.42. The predicted octanol–water partition coefficient (Wildman–Crippen LogP) is 5.31. The van der Waals surface area contributed by atoms with E-state index >= 15 is 0 Å². The number of carbonyl (C=O) groups excluding carboxylic acids is 2. The molecule has 2 heterocycles. The SMILES string of the molecule is Cc1c(Cl)cccc1OCCOC(=O)N1CCSc2c(-c3cnn(Cc4cccc(C(=O)NCCS(=O)(=O)O)c4)c3)cccc21. The number of rotatable bonds is 11. The lowest BCUT2D eigenvalue weighted by atomic mass is 10.1. The van der Waals surface area contributed by atoms with E-state index in [1.807, 2.05) is 43.5 Å². The fraction of sp³-hybridized carbons (Fsp3) is 0.258. The van der Waals surface area contributed by atoms with Crippen molar-refractivity contribution in [1.29, 1.82) is 0 Å². The molecule has 45 heavy (non-hydrogen) atoms. The second-order valence-electron chi connectivity index (χ2n) is 10.1. The molecule has 0 bridgehead atoms. The summed E-state index contributed by atoms with van der Waals surface area (Å²) in [6.45, 7) is 2.86. The van der Waals surface area contributed by atoms with E-state index in [1.165, 1.54) is 0 Å². The fourth-order valence-electron chi connectivity index (χ4n) is 4.75. The molecule has 1 aromatic heterocycles. The zero-order valence-corrected chi connectivity index (χ0v) is 26.7. The Bertz CT molecular complexity index is 1810. The molecule has 14 heteroatoms. The molecule has 2 N–H and O–H groups in total. The summed E-state index contributed by atoms with van der Waals surface area (Å²) in [6, 6.07) is 18.1. The van der Waals surface area contributed by atoms with Gasteiger partial charge in [-0.25, -0.2) is 4.79 Å². The number of nitrogens with one attached hydrogen (secondary N) is 1. The maximum atomic E-state index is 13.1. The summed E-state index contributed by atoms with van der Waals surface area (Å²) in [5, 5.41) is 7.61. The Kier molecular flexibility index (Phi) is 10.3. The number of carbonyl (C=O) groups is 2. The van der Waals surface area contributed by atoms with Crippen LogP contribution in [0.15, 0.2) is 78.0 Å². The van der Waals surface area contributed by atoms with Crippen LogP contribution in [0.25, 0.3) is 11.1 Å². The molecule has 0 fully saturated rings. The summed E-state index contributed by atoms with van der Waals surface area (Å²) in [4.78, 5) is 28.1. The molecule has 236 valence electrons. The van der Waals surface area contributed by atoms with Gasteiger partial charge in [-0.15, -0.1) is 11.8 Å². The minimum Gasteiger partial charge on any atom is -0.490 e. The zero-order valence-electron chi connectivity index (χ0n) is 24.3. The van der Waals surface area contributed by atoms with E-state index in [0.717, 1.165) is 32.8 Å². The quantitative estimate of drug-likeness (QED) is 0.161. The standard InChI is InChI=1S/C31H31ClN4O7S2/c1-21-26(32)8-4-10-28(21)42-13-14-43-31(38)36-12-15-44-29-25(7-3-9-27(29)36)24-18-34-35(20-24)19-22-5-2-6-23(17-22)30(37)33-11-16-45(39,40)41/h2-10,17-18,20H,11-16,19H2,1H3,(H,33,37)(H,39,40,41). The van der Waals surface area contributed by atoms with Gasteiger partial charge in [0.05, 0.1) is 24.2 Å². The summed E-state index contributed by atoms with van der Waals surface area (Å²) < 4.78 is 43.7. The largest absolute Gasteiger partial charge is 0.490 e. The Labute approximate surface area is 270 Å². The van der Waals surface area contributed by atoms with Gasteiger partial charge in [-0.1, -0.05) is 41.9 Å². The van der Waals surface area contributed by atoms with Crippen LogP contribution in [-0.4, -0.2) is 72.6 Å². The lowest BCUT2D eigenvalue weighted by Crippen LogP contribution is -2.36. The maximum absolute atomic E-state index is 13.1. The number of amides is 2. The van der Waals surface area contributed by atoms with Crippen molar-refractivity contribution in [1.82, 2.24) is 15.1 Å². The van der Waals surface area contributed by atoms with Gasteiger partial charge in [-0.2, -0.15) is 13.5 Å². The van der Waals surface area contributed by atoms with E-state index in [9.17, 15) is 18.0 Å². The fourth-order valence-corrected chi connectivity index (χ4v) is 6.42. The van der Waals surface area contributed by atoms with Gasteiger partial charge in [0.25, 0.3) is 16.0 Å². The van der Waals surface area contributed by atoms with Gasteiger partial charge in [0.2, 0.25) is 0 Å². The Hall–Kier alpha value is -4.04. The molecule has 11 nitrogen and oxygen atoms in total. The number of fused-ring (bicyclic) bond motifs is 1. The monoisotopic (exact) mass is 670 g/mol. The van der Waals surface area contributed by atoms with Gasteiger partial charge in [0, 0.05) is 57.2 Å². The molecule has 0 saturated heterocycles. The molecule has 0 aliphatic carbocycles. The Morgan fingerprint density at radius 2 is 1.91 bits per heavy atom. The first-order valence-corrected chi connectivity index (χ1v) is 17.0. The molecule has 5 rings (SSSR count). The van der Waals surface area contributed by atoms with Gasteiger partial charge < -0.3 is 14.8 Å². The molecule has 4 aromatic rings. The minimum absolute atomic E-state index is 0.0870. The van der Waals surface area contributed by atoms with E-state index in [4.69, 9.17) is 25.6 Å². The van der Waals surface area contributed by atoms with Crippen molar-refractivity contribution in [3.63, 3.8) is 0 Å². The van der Waals surface area contributed by atoms with Crippen molar-refractivity contribution in [2.24, 2.45) is 0 Å². The van der Waals surface area contributed by atoms with E-state index in [1.54, 1.807) is 57.9 Å². The predicted molar refractivity (Wildman–Crippen MR) is 173 cm³/mol.